The van der Waals surface area contributed by atoms with Crippen LogP contribution in [0.3, 0.4) is 0 Å². The summed E-state index contributed by atoms with van der Waals surface area (Å²) in [6, 6.07) is 8.10. The Morgan fingerprint density at radius 2 is 1.85 bits per heavy atom. The number of carbonyl (C=O) groups excluding carboxylic acids is 1. The summed E-state index contributed by atoms with van der Waals surface area (Å²) in [4.78, 5) is 15.1. The highest BCUT2D eigenvalue weighted by Crippen LogP contribution is 2.17. The summed E-state index contributed by atoms with van der Waals surface area (Å²) in [5, 5.41) is 4.11. The van der Waals surface area contributed by atoms with Gasteiger partial charge in [-0.15, -0.1) is 0 Å². The zero-order chi connectivity index (χ0) is 19.2. The fourth-order valence-corrected chi connectivity index (χ4v) is 3.44. The van der Waals surface area contributed by atoms with Crippen LogP contribution in [0.5, 0.6) is 0 Å². The Balaban J connectivity index is 1.62. The Bertz CT molecular complexity index is 835. The number of H-pyrrole nitrogens is 1. The van der Waals surface area contributed by atoms with E-state index in [0.717, 1.165) is 11.9 Å². The Kier molecular flexibility index (Phi) is 6.83. The maximum atomic E-state index is 11.9. The predicted octanol–water partition coefficient (Wildman–Crippen LogP) is 2.71. The molecule has 0 saturated carbocycles. The third kappa shape index (κ3) is 5.57. The molecule has 0 bridgehead atoms. The molecule has 144 valence electrons. The molecule has 1 amide bonds. The lowest BCUT2D eigenvalue weighted by atomic mass is 10.1. The fraction of sp³-hybridized carbons (Fsp3) is 0.526. The summed E-state index contributed by atoms with van der Waals surface area (Å²) >= 11 is 0. The number of fused-ring (bicyclic) bond motifs is 1. The molecule has 6 nitrogen and oxygen atoms in total. The molecule has 0 saturated heterocycles. The average molecular weight is 380 g/mol. The van der Waals surface area contributed by atoms with E-state index in [9.17, 15) is 13.2 Å². The number of benzene rings is 1. The van der Waals surface area contributed by atoms with Gasteiger partial charge in [-0.25, -0.2) is 13.1 Å². The van der Waals surface area contributed by atoms with Crippen LogP contribution in [0, 0.1) is 0 Å². The minimum Gasteiger partial charge on any atom is -0.361 e. The third-order valence-corrected chi connectivity index (χ3v) is 6.52. The van der Waals surface area contributed by atoms with Crippen molar-refractivity contribution in [2.75, 3.05) is 13.1 Å². The van der Waals surface area contributed by atoms with Gasteiger partial charge in [0.25, 0.3) is 0 Å². The molecule has 1 heterocycles. The highest BCUT2D eigenvalue weighted by Gasteiger charge is 2.27. The van der Waals surface area contributed by atoms with Crippen molar-refractivity contribution in [1.29, 1.82) is 0 Å². The Morgan fingerprint density at radius 3 is 2.58 bits per heavy atom. The summed E-state index contributed by atoms with van der Waals surface area (Å²) in [7, 11) is -3.31. The number of carbonyl (C=O) groups is 1. The minimum atomic E-state index is -3.31. The van der Waals surface area contributed by atoms with E-state index in [4.69, 9.17) is 0 Å². The lowest BCUT2D eigenvalue weighted by Gasteiger charge is -2.19. The maximum absolute atomic E-state index is 11.9. The second-order valence-electron chi connectivity index (χ2n) is 7.43. The van der Waals surface area contributed by atoms with Crippen molar-refractivity contribution in [1.82, 2.24) is 15.0 Å². The summed E-state index contributed by atoms with van der Waals surface area (Å²) in [5.74, 6) is 0.00326. The maximum Gasteiger partial charge on any atom is 0.220 e. The molecule has 1 aromatic carbocycles. The third-order valence-electron chi connectivity index (χ3n) is 4.32. The van der Waals surface area contributed by atoms with Crippen LogP contribution in [0.1, 0.15) is 45.6 Å². The van der Waals surface area contributed by atoms with Crippen LogP contribution >= 0.6 is 0 Å². The molecule has 0 aliphatic heterocycles. The topological polar surface area (TPSA) is 91.1 Å². The number of aromatic amines is 1. The van der Waals surface area contributed by atoms with Gasteiger partial charge in [-0.2, -0.15) is 0 Å². The number of hydrogen-bond acceptors (Lipinski definition) is 3. The van der Waals surface area contributed by atoms with Crippen molar-refractivity contribution < 1.29 is 13.2 Å². The zero-order valence-corrected chi connectivity index (χ0v) is 16.6. The van der Waals surface area contributed by atoms with Crippen molar-refractivity contribution in [3.8, 4) is 0 Å². The number of aromatic nitrogens is 1. The van der Waals surface area contributed by atoms with Crippen LogP contribution < -0.4 is 10.0 Å². The largest absolute Gasteiger partial charge is 0.361 e. The zero-order valence-electron chi connectivity index (χ0n) is 15.8. The minimum absolute atomic E-state index is 0.00326. The summed E-state index contributed by atoms with van der Waals surface area (Å²) in [6.07, 6.45) is 4.47. The Morgan fingerprint density at radius 1 is 1.12 bits per heavy atom. The van der Waals surface area contributed by atoms with Crippen LogP contribution in [0.4, 0.5) is 0 Å². The molecular formula is C19H29N3O3S. The SMILES string of the molecule is CC(C)(C)S(=O)(=O)NCCCCC(=O)NCCc1c[nH]c2ccccc12. The van der Waals surface area contributed by atoms with Crippen molar-refractivity contribution in [3.05, 3.63) is 36.0 Å². The van der Waals surface area contributed by atoms with Gasteiger partial charge in [-0.1, -0.05) is 18.2 Å². The molecule has 3 N–H and O–H groups in total. The van der Waals surface area contributed by atoms with Gasteiger partial charge in [-0.3, -0.25) is 4.79 Å². The van der Waals surface area contributed by atoms with Crippen LogP contribution in [-0.2, 0) is 21.2 Å². The van der Waals surface area contributed by atoms with Gasteiger partial charge in [0.2, 0.25) is 15.9 Å². The molecule has 2 rings (SSSR count). The van der Waals surface area contributed by atoms with E-state index in [1.807, 2.05) is 24.4 Å². The Labute approximate surface area is 155 Å². The van der Waals surface area contributed by atoms with E-state index in [0.29, 0.717) is 32.4 Å². The van der Waals surface area contributed by atoms with Gasteiger partial charge in [0.15, 0.2) is 0 Å². The molecule has 7 heteroatoms. The number of hydrogen-bond donors (Lipinski definition) is 3. The first-order valence-corrected chi connectivity index (χ1v) is 10.5. The number of unbranched alkanes of at least 4 members (excludes halogenated alkanes) is 1. The average Bonchev–Trinajstić information content (AvgIpc) is 2.97. The second kappa shape index (κ2) is 8.68. The number of para-hydroxylation sites is 1. The number of rotatable bonds is 9. The lowest BCUT2D eigenvalue weighted by molar-refractivity contribution is -0.121. The van der Waals surface area contributed by atoms with Crippen molar-refractivity contribution in [2.24, 2.45) is 0 Å². The molecule has 1 aromatic heterocycles. The first kappa shape index (κ1) is 20.5. The standard InChI is InChI=1S/C19H29N3O3S/c1-19(2,3)26(24,25)22-12-7-6-10-18(23)20-13-11-15-14-21-17-9-5-4-8-16(15)17/h4-5,8-9,14,21-22H,6-7,10-13H2,1-3H3,(H,20,23). The van der Waals surface area contributed by atoms with Crippen molar-refractivity contribution >= 4 is 26.8 Å². The highest BCUT2D eigenvalue weighted by atomic mass is 32.2. The summed E-state index contributed by atoms with van der Waals surface area (Å²) < 4.78 is 25.6. The van der Waals surface area contributed by atoms with E-state index in [2.05, 4.69) is 21.1 Å². The van der Waals surface area contributed by atoms with Gasteiger partial charge in [-0.05, 0) is 51.7 Å². The number of amides is 1. The number of nitrogens with one attached hydrogen (secondary N) is 3. The molecule has 0 aliphatic rings. The fourth-order valence-electron chi connectivity index (χ4n) is 2.60. The molecule has 0 radical (unpaired) electrons. The molecular weight excluding hydrogens is 350 g/mol. The molecule has 2 aromatic rings. The molecule has 0 fully saturated rings. The van der Waals surface area contributed by atoms with Crippen LogP contribution in [0.2, 0.25) is 0 Å². The molecule has 26 heavy (non-hydrogen) atoms. The van der Waals surface area contributed by atoms with Crippen LogP contribution in [0.15, 0.2) is 30.5 Å². The number of sulfonamides is 1. The van der Waals surface area contributed by atoms with Crippen LogP contribution in [-0.4, -0.2) is 37.1 Å². The van der Waals surface area contributed by atoms with E-state index in [-0.39, 0.29) is 5.91 Å². The Hall–Kier alpha value is -1.86. The van der Waals surface area contributed by atoms with Gasteiger partial charge in [0.05, 0.1) is 4.75 Å². The highest BCUT2D eigenvalue weighted by molar-refractivity contribution is 7.90. The predicted molar refractivity (Wildman–Crippen MR) is 106 cm³/mol. The first-order chi connectivity index (χ1) is 12.2. The van der Waals surface area contributed by atoms with E-state index in [1.54, 1.807) is 20.8 Å². The van der Waals surface area contributed by atoms with Gasteiger partial charge in [0.1, 0.15) is 0 Å². The van der Waals surface area contributed by atoms with Gasteiger partial charge < -0.3 is 10.3 Å². The van der Waals surface area contributed by atoms with Crippen LogP contribution in [0.25, 0.3) is 10.9 Å². The quantitative estimate of drug-likeness (QED) is 0.585. The first-order valence-electron chi connectivity index (χ1n) is 9.01. The summed E-state index contributed by atoms with van der Waals surface area (Å²) in [5.41, 5.74) is 2.30. The molecule has 0 unspecified atom stereocenters. The molecule has 0 atom stereocenters. The van der Waals surface area contributed by atoms with Gasteiger partial charge >= 0.3 is 0 Å². The molecule has 0 aliphatic carbocycles. The summed E-state index contributed by atoms with van der Waals surface area (Å²) in [6.45, 7) is 5.95. The van der Waals surface area contributed by atoms with Crippen molar-refractivity contribution in [2.45, 2.75) is 51.2 Å². The smallest absolute Gasteiger partial charge is 0.220 e. The van der Waals surface area contributed by atoms with Crippen molar-refractivity contribution in [3.63, 3.8) is 0 Å². The monoisotopic (exact) mass is 379 g/mol. The normalized spacial score (nSPS) is 12.4. The van der Waals surface area contributed by atoms with E-state index >= 15 is 0 Å². The molecule has 0 spiro atoms. The van der Waals surface area contributed by atoms with E-state index in [1.165, 1.54) is 10.9 Å². The van der Waals surface area contributed by atoms with E-state index < -0.39 is 14.8 Å². The second-order valence-corrected chi connectivity index (χ2v) is 9.95. The lowest BCUT2D eigenvalue weighted by Crippen LogP contribution is -2.39. The van der Waals surface area contributed by atoms with Gasteiger partial charge in [0, 0.05) is 36.6 Å².